The van der Waals surface area contributed by atoms with Gasteiger partial charge in [0, 0.05) is 32.5 Å². The second-order valence-electron chi connectivity index (χ2n) is 3.19. The Morgan fingerprint density at radius 2 is 1.29 bits per heavy atom. The molecule has 0 spiro atoms. The Morgan fingerprint density at radius 3 is 1.53 bits per heavy atom. The fourth-order valence-electron chi connectivity index (χ4n) is 1.32. The molecule has 5 nitrogen and oxygen atoms in total. The molecule has 0 aromatic carbocycles. The highest BCUT2D eigenvalue weighted by atomic mass is 28.4. The molecule has 0 radical (unpaired) electrons. The summed E-state index contributed by atoms with van der Waals surface area (Å²) >= 11 is 0. The van der Waals surface area contributed by atoms with Gasteiger partial charge in [0.2, 0.25) is 0 Å². The number of aliphatic hydroxyl groups is 1. The van der Waals surface area contributed by atoms with Crippen LogP contribution in [0.3, 0.4) is 0 Å². The number of hydrogen-bond donors (Lipinski definition) is 2. The van der Waals surface area contributed by atoms with Gasteiger partial charge in [-0.05, 0) is 40.7 Å². The normalized spacial score (nSPS) is 10.9. The second kappa shape index (κ2) is 14.1. The van der Waals surface area contributed by atoms with Gasteiger partial charge in [0.25, 0.3) is 0 Å². The molecule has 3 N–H and O–H groups in total. The molecule has 0 aromatic heterocycles. The average Bonchev–Trinajstić information content (AvgIpc) is 2.29. The molecule has 0 heterocycles. The van der Waals surface area contributed by atoms with E-state index >= 15 is 0 Å². The van der Waals surface area contributed by atoms with Crippen molar-refractivity contribution in [1.82, 2.24) is 0 Å². The van der Waals surface area contributed by atoms with Gasteiger partial charge in [-0.1, -0.05) is 0 Å². The van der Waals surface area contributed by atoms with E-state index in [4.69, 9.17) is 24.1 Å². The van der Waals surface area contributed by atoms with Gasteiger partial charge in [-0.3, -0.25) is 0 Å². The minimum atomic E-state index is -2.40. The summed E-state index contributed by atoms with van der Waals surface area (Å²) in [5.74, 6) is 0. The monoisotopic (exact) mass is 267 g/mol. The Labute approximate surface area is 107 Å². The fraction of sp³-hybridized carbons (Fsp3) is 1.00. The molecule has 0 aromatic rings. The van der Waals surface area contributed by atoms with E-state index < -0.39 is 8.80 Å². The molecule has 0 saturated carbocycles. The van der Waals surface area contributed by atoms with Gasteiger partial charge in [-0.25, -0.2) is 0 Å². The van der Waals surface area contributed by atoms with E-state index in [1.807, 2.05) is 20.8 Å². The third-order valence-electron chi connectivity index (χ3n) is 1.78. The van der Waals surface area contributed by atoms with Crippen molar-refractivity contribution in [2.75, 3.05) is 33.0 Å². The van der Waals surface area contributed by atoms with Crippen molar-refractivity contribution >= 4 is 8.80 Å². The molecule has 17 heavy (non-hydrogen) atoms. The zero-order valence-corrected chi connectivity index (χ0v) is 12.7. The summed E-state index contributed by atoms with van der Waals surface area (Å²) in [6, 6.07) is 0.818. The first-order chi connectivity index (χ1) is 8.16. The maximum atomic E-state index is 7.57. The molecule has 6 heteroatoms. The van der Waals surface area contributed by atoms with Crippen molar-refractivity contribution in [1.29, 1.82) is 0 Å². The van der Waals surface area contributed by atoms with Gasteiger partial charge in [0.05, 0.1) is 0 Å². The first-order valence-corrected chi connectivity index (χ1v) is 8.32. The lowest BCUT2D eigenvalue weighted by atomic mass is 10.5. The quantitative estimate of drug-likeness (QED) is 0.617. The van der Waals surface area contributed by atoms with Crippen molar-refractivity contribution in [2.24, 2.45) is 5.73 Å². The van der Waals surface area contributed by atoms with Crippen LogP contribution in [0.2, 0.25) is 6.04 Å². The Morgan fingerprint density at radius 1 is 0.941 bits per heavy atom. The molecular weight excluding hydrogens is 238 g/mol. The zero-order valence-electron chi connectivity index (χ0n) is 11.7. The number of aliphatic hydroxyl groups excluding tert-OH is 1. The molecule has 0 unspecified atom stereocenters. The van der Waals surface area contributed by atoms with Crippen LogP contribution in [0, 0.1) is 0 Å². The van der Waals surface area contributed by atoms with Crippen LogP contribution >= 0.6 is 0 Å². The van der Waals surface area contributed by atoms with Gasteiger partial charge in [0.1, 0.15) is 0 Å². The second-order valence-corrected chi connectivity index (χ2v) is 5.92. The van der Waals surface area contributed by atoms with Crippen LogP contribution in [0.5, 0.6) is 0 Å². The highest BCUT2D eigenvalue weighted by Crippen LogP contribution is 2.17. The zero-order chi connectivity index (χ0) is 13.6. The molecule has 0 saturated heterocycles. The molecule has 0 rings (SSSR count). The van der Waals surface area contributed by atoms with Crippen molar-refractivity contribution in [3.63, 3.8) is 0 Å². The molecular formula is C11H29NO4Si. The third kappa shape index (κ3) is 10.9. The van der Waals surface area contributed by atoms with E-state index in [2.05, 4.69) is 0 Å². The van der Waals surface area contributed by atoms with E-state index in [9.17, 15) is 0 Å². The third-order valence-corrected chi connectivity index (χ3v) is 4.93. The summed E-state index contributed by atoms with van der Waals surface area (Å²) in [6.45, 7) is 10.4. The van der Waals surface area contributed by atoms with Crippen LogP contribution in [0.1, 0.15) is 34.1 Å². The molecule has 0 bridgehead atoms. The molecule has 106 valence electrons. The lowest BCUT2D eigenvalue weighted by molar-refractivity contribution is 0.0710. The smallest absolute Gasteiger partial charge is 0.397 e. The summed E-state index contributed by atoms with van der Waals surface area (Å²) in [6.07, 6.45) is 0.895. The first kappa shape index (κ1) is 19.4. The summed E-state index contributed by atoms with van der Waals surface area (Å²) < 4.78 is 17.0. The Hall–Kier alpha value is 0.0169. The van der Waals surface area contributed by atoms with Crippen LogP contribution in [0.4, 0.5) is 0 Å². The Kier molecular flexibility index (Phi) is 16.0. The largest absolute Gasteiger partial charge is 0.500 e. The summed E-state index contributed by atoms with van der Waals surface area (Å²) in [4.78, 5) is 0. The summed E-state index contributed by atoms with van der Waals surface area (Å²) in [5.41, 5.74) is 5.48. The van der Waals surface area contributed by atoms with Crippen molar-refractivity contribution in [2.45, 2.75) is 40.2 Å². The van der Waals surface area contributed by atoms with Gasteiger partial charge >= 0.3 is 8.80 Å². The predicted molar refractivity (Wildman–Crippen MR) is 71.9 cm³/mol. The molecule has 0 aliphatic carbocycles. The fourth-order valence-corrected chi connectivity index (χ4v) is 3.96. The Balaban J connectivity index is 0. The van der Waals surface area contributed by atoms with Gasteiger partial charge in [-0.15, -0.1) is 0 Å². The van der Waals surface area contributed by atoms with Gasteiger partial charge in [0.15, 0.2) is 0 Å². The van der Waals surface area contributed by atoms with Crippen LogP contribution in [-0.2, 0) is 13.3 Å². The van der Waals surface area contributed by atoms with Crippen LogP contribution in [-0.4, -0.2) is 46.9 Å². The highest BCUT2D eigenvalue weighted by Gasteiger charge is 2.39. The number of rotatable bonds is 9. The topological polar surface area (TPSA) is 73.9 Å². The number of hydrogen-bond acceptors (Lipinski definition) is 5. The highest BCUT2D eigenvalue weighted by molar-refractivity contribution is 6.60. The van der Waals surface area contributed by atoms with E-state index in [1.165, 1.54) is 0 Å². The summed E-state index contributed by atoms with van der Waals surface area (Å²) in [7, 11) is -2.40. The molecule has 0 aliphatic heterocycles. The van der Waals surface area contributed by atoms with Gasteiger partial charge in [-0.2, -0.15) is 0 Å². The van der Waals surface area contributed by atoms with Crippen molar-refractivity contribution < 1.29 is 18.4 Å². The molecule has 0 atom stereocenters. The van der Waals surface area contributed by atoms with Crippen molar-refractivity contribution in [3.8, 4) is 0 Å². The minimum Gasteiger partial charge on any atom is -0.397 e. The van der Waals surface area contributed by atoms with E-state index in [-0.39, 0.29) is 6.61 Å². The summed E-state index contributed by atoms with van der Waals surface area (Å²) in [5, 5.41) is 7.57. The van der Waals surface area contributed by atoms with E-state index in [0.717, 1.165) is 12.5 Å². The minimum absolute atomic E-state index is 0.250. The van der Waals surface area contributed by atoms with Gasteiger partial charge < -0.3 is 24.1 Å². The standard InChI is InChI=1S/C9H23NO3Si.C2H6O/c1-4-11-14(12-5-2,13-6-3)9-7-8-10;1-2-3/h4-10H2,1-3H3;3H,2H2,1H3. The SMILES string of the molecule is CCO.CCO[Si](CCCN)(OCC)OCC. The van der Waals surface area contributed by atoms with E-state index in [1.54, 1.807) is 6.92 Å². The molecule has 0 aliphatic rings. The first-order valence-electron chi connectivity index (χ1n) is 6.38. The average molecular weight is 267 g/mol. The number of nitrogens with two attached hydrogens (primary N) is 1. The van der Waals surface area contributed by atoms with Crippen molar-refractivity contribution in [3.05, 3.63) is 0 Å². The molecule has 0 fully saturated rings. The maximum Gasteiger partial charge on any atom is 0.500 e. The van der Waals surface area contributed by atoms with Crippen LogP contribution < -0.4 is 5.73 Å². The van der Waals surface area contributed by atoms with E-state index in [0.29, 0.717) is 26.4 Å². The van der Waals surface area contributed by atoms with Crippen LogP contribution in [0.15, 0.2) is 0 Å². The Bertz CT molecular complexity index is 132. The maximum absolute atomic E-state index is 7.57. The molecule has 0 amide bonds. The lowest BCUT2D eigenvalue weighted by Crippen LogP contribution is -2.46. The predicted octanol–water partition coefficient (Wildman–Crippen LogP) is 1.38. The lowest BCUT2D eigenvalue weighted by Gasteiger charge is -2.28. The van der Waals surface area contributed by atoms with Crippen LogP contribution in [0.25, 0.3) is 0 Å².